The zero-order valence-electron chi connectivity index (χ0n) is 12.5. The number of alkyl halides is 3. The molecule has 0 aliphatic heterocycles. The molecule has 0 radical (unpaired) electrons. The van der Waals surface area contributed by atoms with Crippen molar-refractivity contribution in [2.24, 2.45) is 4.99 Å². The molecule has 0 fully saturated rings. The normalized spacial score (nSPS) is 12.1. The number of halogens is 3. The van der Waals surface area contributed by atoms with Crippen LogP contribution in [0, 0.1) is 0 Å². The lowest BCUT2D eigenvalue weighted by Crippen LogP contribution is -2.40. The molecule has 0 amide bonds. The summed E-state index contributed by atoms with van der Waals surface area (Å²) in [6.45, 7) is 1.49. The van der Waals surface area contributed by atoms with Crippen molar-refractivity contribution < 1.29 is 13.2 Å². The molecule has 22 heavy (non-hydrogen) atoms. The minimum absolute atomic E-state index is 0.165. The summed E-state index contributed by atoms with van der Waals surface area (Å²) in [6.07, 6.45) is -1.08. The van der Waals surface area contributed by atoms with Crippen molar-refractivity contribution in [2.45, 2.75) is 6.18 Å². The van der Waals surface area contributed by atoms with Gasteiger partial charge in [-0.2, -0.15) is 24.9 Å². The molecule has 1 aromatic rings. The zero-order valence-corrected chi connectivity index (χ0v) is 13.3. The van der Waals surface area contributed by atoms with E-state index in [-0.39, 0.29) is 5.82 Å². The molecule has 1 rings (SSSR count). The van der Waals surface area contributed by atoms with Gasteiger partial charge in [0.2, 0.25) is 0 Å². The van der Waals surface area contributed by atoms with Crippen LogP contribution in [0.4, 0.5) is 19.0 Å². The fourth-order valence-electron chi connectivity index (χ4n) is 1.63. The van der Waals surface area contributed by atoms with Gasteiger partial charge >= 0.3 is 6.18 Å². The summed E-state index contributed by atoms with van der Waals surface area (Å²) >= 11 is 1.71. The molecule has 0 aliphatic carbocycles. The van der Waals surface area contributed by atoms with Crippen molar-refractivity contribution >= 4 is 23.5 Å². The summed E-state index contributed by atoms with van der Waals surface area (Å²) < 4.78 is 38.4. The Morgan fingerprint density at radius 2 is 2.00 bits per heavy atom. The number of nitrogens with one attached hydrogen (secondary N) is 3. The molecule has 3 N–H and O–H groups in total. The smallest absolute Gasteiger partial charge is 0.368 e. The van der Waals surface area contributed by atoms with Crippen molar-refractivity contribution in [3.05, 3.63) is 23.9 Å². The van der Waals surface area contributed by atoms with Gasteiger partial charge in [-0.15, -0.1) is 0 Å². The number of aliphatic imine (C=N–C) groups is 1. The Bertz CT molecular complexity index is 479. The first-order valence-corrected chi connectivity index (χ1v) is 8.08. The summed E-state index contributed by atoms with van der Waals surface area (Å²) in [5.74, 6) is 1.40. The number of thioether (sulfide) groups is 1. The van der Waals surface area contributed by atoms with Crippen LogP contribution in [0.2, 0.25) is 0 Å². The average Bonchev–Trinajstić information content (AvgIpc) is 2.49. The van der Waals surface area contributed by atoms with E-state index >= 15 is 0 Å². The van der Waals surface area contributed by atoms with Gasteiger partial charge in [-0.1, -0.05) is 0 Å². The van der Waals surface area contributed by atoms with Gasteiger partial charge in [0.15, 0.2) is 5.96 Å². The maximum atomic E-state index is 12.8. The molecule has 124 valence electrons. The number of pyridine rings is 1. The van der Waals surface area contributed by atoms with Gasteiger partial charge < -0.3 is 16.0 Å². The molecular formula is C13H20F3N5S. The lowest BCUT2D eigenvalue weighted by molar-refractivity contribution is -0.137. The average molecular weight is 335 g/mol. The van der Waals surface area contributed by atoms with E-state index in [0.717, 1.165) is 18.4 Å². The van der Waals surface area contributed by atoms with E-state index in [0.29, 0.717) is 19.0 Å². The van der Waals surface area contributed by atoms with Crippen molar-refractivity contribution in [2.75, 3.05) is 44.0 Å². The zero-order chi connectivity index (χ0) is 16.4. The molecule has 0 aliphatic rings. The minimum Gasteiger partial charge on any atom is -0.368 e. The van der Waals surface area contributed by atoms with E-state index in [9.17, 15) is 13.2 Å². The number of anilines is 1. The van der Waals surface area contributed by atoms with Gasteiger partial charge in [-0.25, -0.2) is 4.98 Å². The predicted octanol–water partition coefficient (Wildman–Crippen LogP) is 2.04. The number of guanidine groups is 1. The molecule has 0 saturated carbocycles. The molecular weight excluding hydrogens is 315 g/mol. The third kappa shape index (κ3) is 6.42. The second-order valence-electron chi connectivity index (χ2n) is 4.24. The summed E-state index contributed by atoms with van der Waals surface area (Å²) in [5.41, 5.74) is -0.766. The van der Waals surface area contributed by atoms with Crippen molar-refractivity contribution in [1.82, 2.24) is 15.6 Å². The van der Waals surface area contributed by atoms with Gasteiger partial charge in [0.05, 0.1) is 5.56 Å². The maximum absolute atomic E-state index is 12.8. The Balaban J connectivity index is 2.42. The first kappa shape index (κ1) is 18.4. The van der Waals surface area contributed by atoms with Crippen LogP contribution in [0.3, 0.4) is 0 Å². The number of rotatable bonds is 7. The van der Waals surface area contributed by atoms with Gasteiger partial charge in [0.1, 0.15) is 5.82 Å². The van der Waals surface area contributed by atoms with Crippen molar-refractivity contribution in [3.63, 3.8) is 0 Å². The molecule has 0 atom stereocenters. The van der Waals surface area contributed by atoms with Crippen molar-refractivity contribution in [3.8, 4) is 0 Å². The van der Waals surface area contributed by atoms with Crippen LogP contribution in [-0.4, -0.2) is 49.6 Å². The molecule has 5 nitrogen and oxygen atoms in total. The monoisotopic (exact) mass is 335 g/mol. The highest BCUT2D eigenvalue weighted by Gasteiger charge is 2.33. The molecule has 0 spiro atoms. The largest absolute Gasteiger partial charge is 0.419 e. The van der Waals surface area contributed by atoms with Crippen molar-refractivity contribution in [1.29, 1.82) is 0 Å². The lowest BCUT2D eigenvalue weighted by atomic mass is 10.2. The van der Waals surface area contributed by atoms with E-state index in [2.05, 4.69) is 25.9 Å². The van der Waals surface area contributed by atoms with Crippen LogP contribution < -0.4 is 16.0 Å². The summed E-state index contributed by atoms with van der Waals surface area (Å²) in [5, 5.41) is 8.80. The first-order chi connectivity index (χ1) is 10.5. The molecule has 9 heteroatoms. The molecule has 0 saturated heterocycles. The molecule has 1 heterocycles. The first-order valence-electron chi connectivity index (χ1n) is 6.68. The number of nitrogens with zero attached hydrogens (tertiary/aromatic N) is 2. The van der Waals surface area contributed by atoms with Gasteiger partial charge in [-0.05, 0) is 18.4 Å². The van der Waals surface area contributed by atoms with E-state index in [1.54, 1.807) is 18.8 Å². The topological polar surface area (TPSA) is 61.3 Å². The minimum atomic E-state index is -4.42. The molecule has 1 aromatic heterocycles. The Morgan fingerprint density at radius 3 is 2.64 bits per heavy atom. The van der Waals surface area contributed by atoms with E-state index in [4.69, 9.17) is 0 Å². The molecule has 0 aromatic carbocycles. The summed E-state index contributed by atoms with van der Waals surface area (Å²) in [4.78, 5) is 7.76. The highest BCUT2D eigenvalue weighted by atomic mass is 32.2. The fourth-order valence-corrected chi connectivity index (χ4v) is 1.94. The molecule has 0 bridgehead atoms. The Labute approximate surface area is 132 Å². The second-order valence-corrected chi connectivity index (χ2v) is 5.23. The predicted molar refractivity (Wildman–Crippen MR) is 85.5 cm³/mol. The third-order valence-corrected chi connectivity index (χ3v) is 3.26. The van der Waals surface area contributed by atoms with Crippen LogP contribution in [0.25, 0.3) is 0 Å². The maximum Gasteiger partial charge on any atom is 0.419 e. The van der Waals surface area contributed by atoms with Crippen LogP contribution in [0.15, 0.2) is 23.3 Å². The number of aromatic nitrogens is 1. The van der Waals surface area contributed by atoms with E-state index < -0.39 is 11.7 Å². The second kappa shape index (κ2) is 9.39. The summed E-state index contributed by atoms with van der Waals surface area (Å²) in [6, 6.07) is 2.27. The standard InChI is InChI=1S/C13H20F3N5S/c1-17-12(21-8-9-22-2)20-7-6-19-11-10(13(14,15)16)4-3-5-18-11/h3-5H,6-9H2,1-2H3,(H,18,19)(H2,17,20,21). The van der Waals surface area contributed by atoms with Gasteiger partial charge in [0.25, 0.3) is 0 Å². The molecule has 0 unspecified atom stereocenters. The highest BCUT2D eigenvalue weighted by Crippen LogP contribution is 2.33. The lowest BCUT2D eigenvalue weighted by Gasteiger charge is -2.14. The fraction of sp³-hybridized carbons (Fsp3) is 0.538. The SMILES string of the molecule is CN=C(NCCNc1ncccc1C(F)(F)F)NCCSC. The van der Waals surface area contributed by atoms with Crippen LogP contribution >= 0.6 is 11.8 Å². The van der Waals surface area contributed by atoms with Crippen LogP contribution in [-0.2, 0) is 6.18 Å². The van der Waals surface area contributed by atoms with Crippen LogP contribution in [0.5, 0.6) is 0 Å². The Hall–Kier alpha value is -1.64. The quantitative estimate of drug-likeness (QED) is 0.404. The Morgan fingerprint density at radius 1 is 1.27 bits per heavy atom. The highest BCUT2D eigenvalue weighted by molar-refractivity contribution is 7.98. The van der Waals surface area contributed by atoms with E-state index in [1.807, 2.05) is 6.26 Å². The van der Waals surface area contributed by atoms with Crippen LogP contribution in [0.1, 0.15) is 5.56 Å². The van der Waals surface area contributed by atoms with E-state index in [1.165, 1.54) is 12.3 Å². The summed E-state index contributed by atoms with van der Waals surface area (Å²) in [7, 11) is 1.64. The number of hydrogen-bond donors (Lipinski definition) is 3. The number of hydrogen-bond acceptors (Lipinski definition) is 4. The van der Waals surface area contributed by atoms with Gasteiger partial charge in [0, 0.05) is 38.6 Å². The van der Waals surface area contributed by atoms with Gasteiger partial charge in [-0.3, -0.25) is 4.99 Å². The Kier molecular flexibility index (Phi) is 7.86. The third-order valence-electron chi connectivity index (χ3n) is 2.65.